The summed E-state index contributed by atoms with van der Waals surface area (Å²) in [5.74, 6) is 0. The lowest BCUT2D eigenvalue weighted by molar-refractivity contribution is 1.37. The molecule has 2 heterocycles. The maximum atomic E-state index is 5.13. The quantitative estimate of drug-likeness (QED) is 0.259. The summed E-state index contributed by atoms with van der Waals surface area (Å²) >= 11 is 0. The van der Waals surface area contributed by atoms with Crippen LogP contribution in [0.15, 0.2) is 109 Å². The molecule has 0 radical (unpaired) electrons. The summed E-state index contributed by atoms with van der Waals surface area (Å²) in [7, 11) is 0. The zero-order valence-electron chi connectivity index (χ0n) is 17.3. The molecule has 0 saturated carbocycles. The molecule has 32 heavy (non-hydrogen) atoms. The summed E-state index contributed by atoms with van der Waals surface area (Å²) in [6, 6.07) is 36.6. The van der Waals surface area contributed by atoms with E-state index in [0.29, 0.717) is 0 Å². The van der Waals surface area contributed by atoms with Gasteiger partial charge < -0.3 is 0 Å². The summed E-state index contributed by atoms with van der Waals surface area (Å²) in [5, 5.41) is 9.78. The van der Waals surface area contributed by atoms with Gasteiger partial charge in [-0.05, 0) is 50.5 Å². The monoisotopic (exact) mass is 406 g/mol. The van der Waals surface area contributed by atoms with E-state index in [1.807, 2.05) is 12.3 Å². The molecular formula is C30H18N2. The van der Waals surface area contributed by atoms with Crippen LogP contribution in [0.25, 0.3) is 65.4 Å². The van der Waals surface area contributed by atoms with Gasteiger partial charge in [0.15, 0.2) is 0 Å². The van der Waals surface area contributed by atoms with Crippen molar-refractivity contribution < 1.29 is 0 Å². The lowest BCUT2D eigenvalue weighted by Gasteiger charge is -2.13. The first-order valence-corrected chi connectivity index (χ1v) is 10.8. The van der Waals surface area contributed by atoms with E-state index < -0.39 is 0 Å². The van der Waals surface area contributed by atoms with E-state index in [0.717, 1.165) is 33.1 Å². The Morgan fingerprint density at radius 2 is 1.12 bits per heavy atom. The first kappa shape index (κ1) is 17.4. The normalized spacial score (nSPS) is 11.8. The number of pyridine rings is 2. The van der Waals surface area contributed by atoms with Gasteiger partial charge in [0.1, 0.15) is 0 Å². The first-order valence-electron chi connectivity index (χ1n) is 10.8. The third-order valence-corrected chi connectivity index (χ3v) is 6.46. The summed E-state index contributed by atoms with van der Waals surface area (Å²) in [4.78, 5) is 9.76. The minimum absolute atomic E-state index is 0.947. The second-order valence-corrected chi connectivity index (χ2v) is 8.26. The van der Waals surface area contributed by atoms with Crippen LogP contribution in [0.2, 0.25) is 0 Å². The fourth-order valence-corrected chi connectivity index (χ4v) is 4.96. The number of fused-ring (bicyclic) bond motifs is 8. The van der Waals surface area contributed by atoms with Crippen molar-refractivity contribution >= 4 is 54.1 Å². The minimum Gasteiger partial charge on any atom is -0.254 e. The van der Waals surface area contributed by atoms with Crippen LogP contribution in [0.1, 0.15) is 0 Å². The van der Waals surface area contributed by atoms with E-state index in [9.17, 15) is 0 Å². The lowest BCUT2D eigenvalue weighted by Crippen LogP contribution is -1.91. The van der Waals surface area contributed by atoms with Crippen LogP contribution in [0.4, 0.5) is 0 Å². The van der Waals surface area contributed by atoms with Crippen LogP contribution >= 0.6 is 0 Å². The average molecular weight is 406 g/mol. The van der Waals surface area contributed by atoms with Crippen LogP contribution in [0, 0.1) is 0 Å². The maximum Gasteiger partial charge on any atom is 0.0972 e. The maximum absolute atomic E-state index is 5.13. The molecule has 148 valence electrons. The van der Waals surface area contributed by atoms with Crippen molar-refractivity contribution in [2.45, 2.75) is 0 Å². The van der Waals surface area contributed by atoms with Gasteiger partial charge in [-0.1, -0.05) is 84.9 Å². The molecule has 0 aliphatic heterocycles. The first-order chi connectivity index (χ1) is 15.9. The molecule has 5 aromatic carbocycles. The molecule has 0 N–H and O–H groups in total. The molecule has 0 bridgehead atoms. The van der Waals surface area contributed by atoms with Crippen molar-refractivity contribution in [3.8, 4) is 11.3 Å². The highest BCUT2D eigenvalue weighted by Gasteiger charge is 2.13. The van der Waals surface area contributed by atoms with Gasteiger partial charge in [-0.2, -0.15) is 0 Å². The molecule has 0 aliphatic rings. The predicted molar refractivity (Wildman–Crippen MR) is 135 cm³/mol. The van der Waals surface area contributed by atoms with Crippen LogP contribution < -0.4 is 0 Å². The number of hydrogen-bond donors (Lipinski definition) is 0. The molecule has 0 aliphatic carbocycles. The third-order valence-electron chi connectivity index (χ3n) is 6.46. The zero-order chi connectivity index (χ0) is 21.1. The molecule has 7 rings (SSSR count). The van der Waals surface area contributed by atoms with Crippen LogP contribution in [0.5, 0.6) is 0 Å². The van der Waals surface area contributed by atoms with Crippen LogP contribution in [-0.2, 0) is 0 Å². The largest absolute Gasteiger partial charge is 0.254 e. The number of aromatic nitrogens is 2. The standard InChI is InChI=1S/C30H18N2/c1-2-8-23-19(6-1)11-14-22-18-26(24-9-3-4-10-25(24)28(22)23)27-16-15-21-13-12-20-7-5-17-31-29(20)30(21)32-27/h1-18H. The molecule has 2 nitrogen and oxygen atoms in total. The fraction of sp³-hybridized carbons (Fsp3) is 0. The van der Waals surface area contributed by atoms with Gasteiger partial charge in [0.25, 0.3) is 0 Å². The van der Waals surface area contributed by atoms with Gasteiger partial charge in [-0.3, -0.25) is 4.98 Å². The van der Waals surface area contributed by atoms with Gasteiger partial charge in [-0.15, -0.1) is 0 Å². The Bertz CT molecular complexity index is 1830. The topological polar surface area (TPSA) is 25.8 Å². The lowest BCUT2D eigenvalue weighted by atomic mass is 9.92. The van der Waals surface area contributed by atoms with Crippen LogP contribution in [-0.4, -0.2) is 9.97 Å². The second-order valence-electron chi connectivity index (χ2n) is 8.26. The molecular weight excluding hydrogens is 388 g/mol. The zero-order valence-corrected chi connectivity index (χ0v) is 17.3. The Balaban J connectivity index is 1.60. The molecule has 0 saturated heterocycles. The van der Waals surface area contributed by atoms with E-state index in [-0.39, 0.29) is 0 Å². The van der Waals surface area contributed by atoms with E-state index >= 15 is 0 Å². The van der Waals surface area contributed by atoms with E-state index in [2.05, 4.69) is 102 Å². The average Bonchev–Trinajstić information content (AvgIpc) is 2.87. The number of nitrogens with zero attached hydrogens (tertiary/aromatic N) is 2. The molecule has 0 unspecified atom stereocenters. The van der Waals surface area contributed by atoms with Crippen molar-refractivity contribution in [1.29, 1.82) is 0 Å². The summed E-state index contributed by atoms with van der Waals surface area (Å²) in [6.07, 6.45) is 1.84. The predicted octanol–water partition coefficient (Wildman–Crippen LogP) is 7.91. The van der Waals surface area contributed by atoms with Crippen molar-refractivity contribution in [3.05, 3.63) is 109 Å². The Morgan fingerprint density at radius 3 is 2.03 bits per heavy atom. The van der Waals surface area contributed by atoms with Crippen molar-refractivity contribution in [3.63, 3.8) is 0 Å². The highest BCUT2D eigenvalue weighted by Crippen LogP contribution is 2.38. The second kappa shape index (κ2) is 6.60. The Labute approximate surface area is 184 Å². The Kier molecular flexibility index (Phi) is 3.58. The van der Waals surface area contributed by atoms with E-state index in [4.69, 9.17) is 4.98 Å². The molecule has 0 fully saturated rings. The molecule has 7 aromatic rings. The van der Waals surface area contributed by atoms with Crippen molar-refractivity contribution in [2.75, 3.05) is 0 Å². The van der Waals surface area contributed by atoms with Crippen molar-refractivity contribution in [2.24, 2.45) is 0 Å². The van der Waals surface area contributed by atoms with Crippen molar-refractivity contribution in [1.82, 2.24) is 9.97 Å². The molecule has 0 spiro atoms. The van der Waals surface area contributed by atoms with Gasteiger partial charge in [0, 0.05) is 22.5 Å². The Hall–Kier alpha value is -4.30. The Morgan fingerprint density at radius 1 is 0.469 bits per heavy atom. The molecule has 0 atom stereocenters. The van der Waals surface area contributed by atoms with Gasteiger partial charge in [0.05, 0.1) is 16.7 Å². The van der Waals surface area contributed by atoms with Gasteiger partial charge in [0.2, 0.25) is 0 Å². The van der Waals surface area contributed by atoms with Gasteiger partial charge in [-0.25, -0.2) is 4.98 Å². The highest BCUT2D eigenvalue weighted by atomic mass is 14.8. The third kappa shape index (κ3) is 2.47. The van der Waals surface area contributed by atoms with E-state index in [1.165, 1.54) is 32.3 Å². The van der Waals surface area contributed by atoms with Gasteiger partial charge >= 0.3 is 0 Å². The summed E-state index contributed by atoms with van der Waals surface area (Å²) in [5.41, 5.74) is 4.02. The number of rotatable bonds is 1. The van der Waals surface area contributed by atoms with E-state index in [1.54, 1.807) is 0 Å². The summed E-state index contributed by atoms with van der Waals surface area (Å²) < 4.78 is 0. The highest BCUT2D eigenvalue weighted by molar-refractivity contribution is 6.23. The summed E-state index contributed by atoms with van der Waals surface area (Å²) in [6.45, 7) is 0. The smallest absolute Gasteiger partial charge is 0.0972 e. The number of benzene rings is 5. The van der Waals surface area contributed by atoms with Crippen LogP contribution in [0.3, 0.4) is 0 Å². The molecule has 2 heteroatoms. The number of hydrogen-bond acceptors (Lipinski definition) is 2. The molecule has 2 aromatic heterocycles. The molecule has 0 amide bonds. The fourth-order valence-electron chi connectivity index (χ4n) is 4.96. The SMILES string of the molecule is c1ccc2c(c1)ccc1cc(-c3ccc4ccc5cccnc5c4n3)c3ccccc3c12. The minimum atomic E-state index is 0.947.